The summed E-state index contributed by atoms with van der Waals surface area (Å²) >= 11 is 5.79. The molecule has 1 aliphatic heterocycles. The molecule has 0 spiro atoms. The lowest BCUT2D eigenvalue weighted by atomic mass is 10.0. The Kier molecular flexibility index (Phi) is 4.07. The summed E-state index contributed by atoms with van der Waals surface area (Å²) in [5.41, 5.74) is 0. The van der Waals surface area contributed by atoms with Crippen LogP contribution in [-0.2, 0) is 9.84 Å². The Balaban J connectivity index is 1.89. The van der Waals surface area contributed by atoms with Gasteiger partial charge in [-0.25, -0.2) is 13.4 Å². The summed E-state index contributed by atoms with van der Waals surface area (Å²) in [5.74, 6) is 0.268. The van der Waals surface area contributed by atoms with Gasteiger partial charge in [0.05, 0.1) is 29.3 Å². The van der Waals surface area contributed by atoms with Gasteiger partial charge in [0.2, 0.25) is 5.95 Å². The van der Waals surface area contributed by atoms with Crippen molar-refractivity contribution >= 4 is 21.4 Å². The first-order valence-corrected chi connectivity index (χ1v) is 7.80. The van der Waals surface area contributed by atoms with E-state index in [0.717, 1.165) is 6.07 Å². The van der Waals surface area contributed by atoms with E-state index >= 15 is 0 Å². The van der Waals surface area contributed by atoms with Gasteiger partial charge in [0.1, 0.15) is 9.84 Å². The van der Waals surface area contributed by atoms with Crippen LogP contribution in [-0.4, -0.2) is 31.5 Å². The Labute approximate surface area is 110 Å². The van der Waals surface area contributed by atoms with Gasteiger partial charge < -0.3 is 4.74 Å². The third-order valence-electron chi connectivity index (χ3n) is 2.94. The zero-order valence-corrected chi connectivity index (χ0v) is 11.2. The van der Waals surface area contributed by atoms with Crippen molar-refractivity contribution in [2.24, 2.45) is 5.92 Å². The number of ether oxygens (including phenoxy) is 1. The van der Waals surface area contributed by atoms with Crippen molar-refractivity contribution in [2.75, 3.05) is 18.1 Å². The summed E-state index contributed by atoms with van der Waals surface area (Å²) in [6.45, 7) is 0.378. The average molecular weight is 294 g/mol. The van der Waals surface area contributed by atoms with Crippen molar-refractivity contribution in [3.63, 3.8) is 0 Å². The van der Waals surface area contributed by atoms with Gasteiger partial charge in [-0.1, -0.05) is 11.6 Å². The third-order valence-corrected chi connectivity index (χ3v) is 4.95. The van der Waals surface area contributed by atoms with Crippen LogP contribution in [0.5, 0.6) is 5.75 Å². The molecule has 2 rings (SSSR count). The summed E-state index contributed by atoms with van der Waals surface area (Å²) in [7, 11) is -2.86. The summed E-state index contributed by atoms with van der Waals surface area (Å²) in [6.07, 6.45) is 2.42. The molecule has 0 aliphatic carbocycles. The average Bonchev–Trinajstić information content (AvgIpc) is 2.29. The fourth-order valence-corrected chi connectivity index (χ4v) is 3.60. The van der Waals surface area contributed by atoms with Crippen molar-refractivity contribution < 1.29 is 17.5 Å². The minimum absolute atomic E-state index is 0.172. The van der Waals surface area contributed by atoms with E-state index in [1.165, 1.54) is 6.20 Å². The highest BCUT2D eigenvalue weighted by Crippen LogP contribution is 2.25. The molecule has 0 saturated carbocycles. The monoisotopic (exact) mass is 293 g/mol. The summed E-state index contributed by atoms with van der Waals surface area (Å²) in [5, 5.41) is 0.172. The minimum atomic E-state index is -2.86. The first-order chi connectivity index (χ1) is 8.46. The van der Waals surface area contributed by atoms with Crippen molar-refractivity contribution in [3.8, 4) is 5.75 Å². The molecule has 7 heteroatoms. The van der Waals surface area contributed by atoms with E-state index in [0.29, 0.717) is 25.2 Å². The van der Waals surface area contributed by atoms with E-state index in [4.69, 9.17) is 16.3 Å². The zero-order chi connectivity index (χ0) is 13.2. The second kappa shape index (κ2) is 5.40. The van der Waals surface area contributed by atoms with Gasteiger partial charge in [0.15, 0.2) is 5.75 Å². The fraction of sp³-hybridized carbons (Fsp3) is 0.545. The lowest BCUT2D eigenvalue weighted by Gasteiger charge is -2.22. The molecule has 0 bridgehead atoms. The Bertz CT molecular complexity index is 521. The van der Waals surface area contributed by atoms with E-state index in [2.05, 4.69) is 4.98 Å². The number of hydrogen-bond donors (Lipinski definition) is 0. The summed E-state index contributed by atoms with van der Waals surface area (Å²) in [4.78, 5) is 3.45. The number of aromatic nitrogens is 1. The van der Waals surface area contributed by atoms with Gasteiger partial charge in [-0.2, -0.15) is 4.39 Å². The highest BCUT2D eigenvalue weighted by Gasteiger charge is 2.24. The van der Waals surface area contributed by atoms with Gasteiger partial charge in [-0.3, -0.25) is 0 Å². The molecule has 1 fully saturated rings. The molecule has 2 heterocycles. The van der Waals surface area contributed by atoms with E-state index in [-0.39, 0.29) is 22.4 Å². The second-order valence-electron chi connectivity index (χ2n) is 4.34. The molecule has 18 heavy (non-hydrogen) atoms. The molecule has 100 valence electrons. The maximum absolute atomic E-state index is 12.7. The van der Waals surface area contributed by atoms with E-state index in [1.54, 1.807) is 0 Å². The highest BCUT2D eigenvalue weighted by atomic mass is 35.5. The van der Waals surface area contributed by atoms with Crippen molar-refractivity contribution in [2.45, 2.75) is 12.8 Å². The number of hydrogen-bond acceptors (Lipinski definition) is 4. The predicted octanol–water partition coefficient (Wildman–Crippen LogP) is 2.08. The number of halogens is 2. The molecule has 1 saturated heterocycles. The number of rotatable bonds is 3. The second-order valence-corrected chi connectivity index (χ2v) is 7.05. The van der Waals surface area contributed by atoms with E-state index in [9.17, 15) is 12.8 Å². The Morgan fingerprint density at radius 3 is 2.72 bits per heavy atom. The number of nitrogens with zero attached hydrogens (tertiary/aromatic N) is 1. The normalized spacial score (nSPS) is 19.7. The van der Waals surface area contributed by atoms with Crippen LogP contribution in [0.1, 0.15) is 12.8 Å². The van der Waals surface area contributed by atoms with Gasteiger partial charge in [-0.15, -0.1) is 0 Å². The number of pyridine rings is 1. The molecule has 1 aliphatic rings. The Morgan fingerprint density at radius 2 is 2.11 bits per heavy atom. The van der Waals surface area contributed by atoms with Crippen LogP contribution in [0.4, 0.5) is 4.39 Å². The van der Waals surface area contributed by atoms with Gasteiger partial charge >= 0.3 is 0 Å². The molecule has 0 radical (unpaired) electrons. The first-order valence-electron chi connectivity index (χ1n) is 5.60. The van der Waals surface area contributed by atoms with Gasteiger partial charge in [0, 0.05) is 6.07 Å². The lowest BCUT2D eigenvalue weighted by molar-refractivity contribution is 0.237. The SMILES string of the molecule is O=S1(=O)CCC(COc2cnc(F)cc2Cl)CC1. The molecular weight excluding hydrogens is 281 g/mol. The first kappa shape index (κ1) is 13.5. The maximum atomic E-state index is 12.7. The standard InChI is InChI=1S/C11H13ClFNO3S/c12-9-5-11(13)14-6-10(9)17-7-8-1-3-18(15,16)4-2-8/h5-6,8H,1-4,7H2. The molecule has 0 unspecified atom stereocenters. The highest BCUT2D eigenvalue weighted by molar-refractivity contribution is 7.91. The Hall–Kier alpha value is -0.880. The predicted molar refractivity (Wildman–Crippen MR) is 66.1 cm³/mol. The maximum Gasteiger partial charge on any atom is 0.214 e. The molecule has 1 aromatic rings. The van der Waals surface area contributed by atoms with Crippen LogP contribution in [0.15, 0.2) is 12.3 Å². The molecule has 4 nitrogen and oxygen atoms in total. The van der Waals surface area contributed by atoms with Crippen LogP contribution in [0, 0.1) is 11.9 Å². The molecular formula is C11H13ClFNO3S. The van der Waals surface area contributed by atoms with E-state index < -0.39 is 15.8 Å². The molecule has 0 aromatic carbocycles. The Morgan fingerprint density at radius 1 is 1.44 bits per heavy atom. The third kappa shape index (κ3) is 3.55. The van der Waals surface area contributed by atoms with Crippen molar-refractivity contribution in [3.05, 3.63) is 23.2 Å². The topological polar surface area (TPSA) is 56.3 Å². The minimum Gasteiger partial charge on any atom is -0.490 e. The molecule has 1 aromatic heterocycles. The van der Waals surface area contributed by atoms with E-state index in [1.807, 2.05) is 0 Å². The molecule has 0 N–H and O–H groups in total. The van der Waals surface area contributed by atoms with Crippen molar-refractivity contribution in [1.82, 2.24) is 4.98 Å². The smallest absolute Gasteiger partial charge is 0.214 e. The van der Waals surface area contributed by atoms with Crippen LogP contribution in [0.3, 0.4) is 0 Å². The van der Waals surface area contributed by atoms with Crippen LogP contribution in [0.2, 0.25) is 5.02 Å². The molecule has 0 amide bonds. The van der Waals surface area contributed by atoms with Gasteiger partial charge in [0.25, 0.3) is 0 Å². The summed E-state index contributed by atoms with van der Waals surface area (Å²) in [6, 6.07) is 1.09. The van der Waals surface area contributed by atoms with Crippen molar-refractivity contribution in [1.29, 1.82) is 0 Å². The zero-order valence-electron chi connectivity index (χ0n) is 9.60. The van der Waals surface area contributed by atoms with Gasteiger partial charge in [-0.05, 0) is 18.8 Å². The fourth-order valence-electron chi connectivity index (χ4n) is 1.81. The summed E-state index contributed by atoms with van der Waals surface area (Å²) < 4.78 is 40.7. The number of sulfone groups is 1. The molecule has 0 atom stereocenters. The quantitative estimate of drug-likeness (QED) is 0.801. The van der Waals surface area contributed by atoms with Crippen LogP contribution < -0.4 is 4.74 Å². The largest absolute Gasteiger partial charge is 0.490 e. The van der Waals surface area contributed by atoms with Crippen LogP contribution >= 0.6 is 11.6 Å². The lowest BCUT2D eigenvalue weighted by Crippen LogP contribution is -2.26. The van der Waals surface area contributed by atoms with Crippen LogP contribution in [0.25, 0.3) is 0 Å².